The maximum atomic E-state index is 3.39. The van der Waals surface area contributed by atoms with Crippen molar-refractivity contribution >= 4 is 0 Å². The third-order valence-electron chi connectivity index (χ3n) is 2.44. The molecule has 0 aromatic carbocycles. The molecule has 10 heavy (non-hydrogen) atoms. The van der Waals surface area contributed by atoms with Crippen LogP contribution >= 0.6 is 0 Å². The van der Waals surface area contributed by atoms with E-state index in [0.717, 1.165) is 6.54 Å². The minimum atomic E-state index is 0.572. The van der Waals surface area contributed by atoms with E-state index in [9.17, 15) is 0 Å². The van der Waals surface area contributed by atoms with Gasteiger partial charge in [-0.2, -0.15) is 0 Å². The maximum absolute atomic E-state index is 3.39. The predicted octanol–water partition coefficient (Wildman–Crippen LogP) is 0.595. The summed E-state index contributed by atoms with van der Waals surface area (Å²) in [5.74, 6) is 0. The highest BCUT2D eigenvalue weighted by atomic mass is 14.9. The first-order chi connectivity index (χ1) is 4.77. The molecule has 60 valence electrons. The molecule has 0 bridgehead atoms. The van der Waals surface area contributed by atoms with Gasteiger partial charge in [0, 0.05) is 6.54 Å². The Morgan fingerprint density at radius 3 is 2.90 bits per heavy atom. The quantitative estimate of drug-likeness (QED) is 0.603. The summed E-state index contributed by atoms with van der Waals surface area (Å²) in [7, 11) is 2.02. The minimum absolute atomic E-state index is 0.572. The summed E-state index contributed by atoms with van der Waals surface area (Å²) in [6.07, 6.45) is 2.64. The van der Waals surface area contributed by atoms with Crippen LogP contribution in [0.1, 0.15) is 19.8 Å². The SMILES string of the molecule is CNCCC1(C)CCNC1. The molecule has 1 aliphatic rings. The molecular formula is C8H18N2. The lowest BCUT2D eigenvalue weighted by Gasteiger charge is -2.21. The summed E-state index contributed by atoms with van der Waals surface area (Å²) in [6, 6.07) is 0. The normalized spacial score (nSPS) is 33.0. The molecule has 0 amide bonds. The number of hydrogen-bond donors (Lipinski definition) is 2. The molecule has 2 heteroatoms. The first kappa shape index (κ1) is 8.02. The van der Waals surface area contributed by atoms with E-state index in [0.29, 0.717) is 5.41 Å². The molecule has 2 N–H and O–H groups in total. The van der Waals surface area contributed by atoms with Gasteiger partial charge in [0.15, 0.2) is 0 Å². The molecule has 0 aliphatic carbocycles. The zero-order valence-corrected chi connectivity index (χ0v) is 7.04. The van der Waals surface area contributed by atoms with Gasteiger partial charge in [0.1, 0.15) is 0 Å². The number of hydrogen-bond acceptors (Lipinski definition) is 2. The Hall–Kier alpha value is -0.0800. The lowest BCUT2D eigenvalue weighted by Crippen LogP contribution is -2.24. The van der Waals surface area contributed by atoms with E-state index in [1.807, 2.05) is 7.05 Å². The first-order valence-electron chi connectivity index (χ1n) is 4.12. The van der Waals surface area contributed by atoms with Crippen LogP contribution in [0, 0.1) is 5.41 Å². The van der Waals surface area contributed by atoms with Gasteiger partial charge in [-0.3, -0.25) is 0 Å². The van der Waals surface area contributed by atoms with Crippen molar-refractivity contribution in [1.82, 2.24) is 10.6 Å². The van der Waals surface area contributed by atoms with Gasteiger partial charge < -0.3 is 10.6 Å². The first-order valence-corrected chi connectivity index (χ1v) is 4.12. The summed E-state index contributed by atoms with van der Waals surface area (Å²) in [6.45, 7) is 5.93. The maximum Gasteiger partial charge on any atom is 0.000612 e. The van der Waals surface area contributed by atoms with Crippen LogP contribution < -0.4 is 10.6 Å². The molecular weight excluding hydrogens is 124 g/mol. The number of rotatable bonds is 3. The summed E-state index contributed by atoms with van der Waals surface area (Å²) in [5, 5.41) is 6.59. The summed E-state index contributed by atoms with van der Waals surface area (Å²) in [4.78, 5) is 0. The van der Waals surface area contributed by atoms with E-state index in [2.05, 4.69) is 17.6 Å². The van der Waals surface area contributed by atoms with E-state index < -0.39 is 0 Å². The highest BCUT2D eigenvalue weighted by Gasteiger charge is 2.27. The lowest BCUT2D eigenvalue weighted by atomic mass is 9.86. The van der Waals surface area contributed by atoms with E-state index in [1.54, 1.807) is 0 Å². The van der Waals surface area contributed by atoms with Crippen LogP contribution in [0.25, 0.3) is 0 Å². The second-order valence-electron chi connectivity index (χ2n) is 3.59. The Kier molecular flexibility index (Phi) is 2.69. The van der Waals surface area contributed by atoms with Crippen LogP contribution in [-0.2, 0) is 0 Å². The fraction of sp³-hybridized carbons (Fsp3) is 1.00. The fourth-order valence-electron chi connectivity index (χ4n) is 1.51. The van der Waals surface area contributed by atoms with Gasteiger partial charge in [-0.05, 0) is 38.4 Å². The molecule has 2 nitrogen and oxygen atoms in total. The molecule has 0 radical (unpaired) electrons. The van der Waals surface area contributed by atoms with Crippen molar-refractivity contribution in [1.29, 1.82) is 0 Å². The van der Waals surface area contributed by atoms with Gasteiger partial charge in [-0.15, -0.1) is 0 Å². The third kappa shape index (κ3) is 1.96. The van der Waals surface area contributed by atoms with Gasteiger partial charge >= 0.3 is 0 Å². The summed E-state index contributed by atoms with van der Waals surface area (Å²) < 4.78 is 0. The topological polar surface area (TPSA) is 24.1 Å². The Labute approximate surface area is 63.4 Å². The Balaban J connectivity index is 2.22. The molecule has 1 heterocycles. The van der Waals surface area contributed by atoms with Crippen molar-refractivity contribution in [2.45, 2.75) is 19.8 Å². The van der Waals surface area contributed by atoms with Crippen LogP contribution in [0.2, 0.25) is 0 Å². The Morgan fingerprint density at radius 2 is 2.40 bits per heavy atom. The fourth-order valence-corrected chi connectivity index (χ4v) is 1.51. The summed E-state index contributed by atoms with van der Waals surface area (Å²) >= 11 is 0. The van der Waals surface area contributed by atoms with Crippen LogP contribution in [0.4, 0.5) is 0 Å². The van der Waals surface area contributed by atoms with E-state index in [4.69, 9.17) is 0 Å². The van der Waals surface area contributed by atoms with Crippen molar-refractivity contribution in [3.05, 3.63) is 0 Å². The van der Waals surface area contributed by atoms with Crippen molar-refractivity contribution < 1.29 is 0 Å². The van der Waals surface area contributed by atoms with Crippen molar-refractivity contribution in [3.63, 3.8) is 0 Å². The molecule has 0 spiro atoms. The van der Waals surface area contributed by atoms with E-state index in [-0.39, 0.29) is 0 Å². The van der Waals surface area contributed by atoms with Gasteiger partial charge in [-0.1, -0.05) is 6.92 Å². The molecule has 0 aromatic rings. The molecule has 1 unspecified atom stereocenters. The second-order valence-corrected chi connectivity index (χ2v) is 3.59. The molecule has 1 saturated heterocycles. The third-order valence-corrected chi connectivity index (χ3v) is 2.44. The zero-order chi connectivity index (χ0) is 7.45. The van der Waals surface area contributed by atoms with Gasteiger partial charge in [-0.25, -0.2) is 0 Å². The van der Waals surface area contributed by atoms with Gasteiger partial charge in [0.05, 0.1) is 0 Å². The second kappa shape index (κ2) is 3.35. The van der Waals surface area contributed by atoms with Crippen molar-refractivity contribution in [2.75, 3.05) is 26.7 Å². The van der Waals surface area contributed by atoms with Crippen LogP contribution in [0.3, 0.4) is 0 Å². The standard InChI is InChI=1S/C8H18N2/c1-8(3-5-9-2)4-6-10-7-8/h9-10H,3-7H2,1-2H3. The van der Waals surface area contributed by atoms with Crippen LogP contribution in [0.5, 0.6) is 0 Å². The Bertz CT molecular complexity index is 95.4. The smallest absolute Gasteiger partial charge is 0.000612 e. The average Bonchev–Trinajstić information content (AvgIpc) is 2.33. The molecule has 1 atom stereocenters. The minimum Gasteiger partial charge on any atom is -0.320 e. The van der Waals surface area contributed by atoms with Crippen molar-refractivity contribution in [2.24, 2.45) is 5.41 Å². The van der Waals surface area contributed by atoms with E-state index in [1.165, 1.54) is 25.9 Å². The summed E-state index contributed by atoms with van der Waals surface area (Å²) in [5.41, 5.74) is 0.572. The Morgan fingerprint density at radius 1 is 1.60 bits per heavy atom. The largest absolute Gasteiger partial charge is 0.320 e. The van der Waals surface area contributed by atoms with E-state index >= 15 is 0 Å². The monoisotopic (exact) mass is 142 g/mol. The predicted molar refractivity (Wildman–Crippen MR) is 44.1 cm³/mol. The lowest BCUT2D eigenvalue weighted by molar-refractivity contribution is 0.331. The molecule has 0 saturated carbocycles. The zero-order valence-electron chi connectivity index (χ0n) is 7.04. The average molecular weight is 142 g/mol. The van der Waals surface area contributed by atoms with Gasteiger partial charge in [0.25, 0.3) is 0 Å². The van der Waals surface area contributed by atoms with Gasteiger partial charge in [0.2, 0.25) is 0 Å². The highest BCUT2D eigenvalue weighted by Crippen LogP contribution is 2.27. The van der Waals surface area contributed by atoms with Crippen LogP contribution in [0.15, 0.2) is 0 Å². The number of nitrogens with one attached hydrogen (secondary N) is 2. The molecule has 0 aromatic heterocycles. The highest BCUT2D eigenvalue weighted by molar-refractivity contribution is 4.83. The molecule has 1 fully saturated rings. The van der Waals surface area contributed by atoms with Crippen molar-refractivity contribution in [3.8, 4) is 0 Å². The molecule has 1 rings (SSSR count). The molecule has 1 aliphatic heterocycles. The van der Waals surface area contributed by atoms with Crippen LogP contribution in [-0.4, -0.2) is 26.7 Å².